The number of rotatable bonds is 3. The third-order valence-corrected chi connectivity index (χ3v) is 3.58. The second-order valence-electron chi connectivity index (χ2n) is 4.82. The topological polar surface area (TPSA) is 73.9 Å². The van der Waals surface area contributed by atoms with Gasteiger partial charge in [0.25, 0.3) is 5.79 Å². The molecule has 0 atom stereocenters. The first-order valence-electron chi connectivity index (χ1n) is 6.20. The molecule has 22 heavy (non-hydrogen) atoms. The maximum absolute atomic E-state index is 13.9. The maximum Gasteiger partial charge on any atom is 0.350 e. The summed E-state index contributed by atoms with van der Waals surface area (Å²) in [5.74, 6) is -3.52. The van der Waals surface area contributed by atoms with Gasteiger partial charge in [-0.2, -0.15) is 0 Å². The predicted molar refractivity (Wildman–Crippen MR) is 83.6 cm³/mol. The average molecular weight is 421 g/mol. The van der Waals surface area contributed by atoms with Crippen LogP contribution < -0.4 is 10.1 Å². The van der Waals surface area contributed by atoms with E-state index < -0.39 is 23.5 Å². The Hall–Kier alpha value is -1.84. The van der Waals surface area contributed by atoms with E-state index in [0.717, 1.165) is 6.20 Å². The van der Waals surface area contributed by atoms with Crippen molar-refractivity contribution in [3.8, 4) is 5.75 Å². The molecule has 0 aliphatic carbocycles. The fourth-order valence-corrected chi connectivity index (χ4v) is 2.20. The number of cyclic esters (lactones) is 2. The molecule has 118 valence electrons. The van der Waals surface area contributed by atoms with Gasteiger partial charge in [0.15, 0.2) is 17.1 Å². The Morgan fingerprint density at radius 2 is 1.86 bits per heavy atom. The van der Waals surface area contributed by atoms with Crippen molar-refractivity contribution in [3.63, 3.8) is 0 Å². The summed E-state index contributed by atoms with van der Waals surface area (Å²) < 4.78 is 29.2. The number of methoxy groups -OCH3 is 1. The van der Waals surface area contributed by atoms with Crippen LogP contribution in [-0.4, -0.2) is 24.8 Å². The number of hydrogen-bond donors (Lipinski definition) is 1. The molecular formula is C14H13FINO5. The van der Waals surface area contributed by atoms with E-state index in [1.54, 1.807) is 6.07 Å². The van der Waals surface area contributed by atoms with E-state index >= 15 is 0 Å². The molecule has 0 saturated carbocycles. The van der Waals surface area contributed by atoms with E-state index in [1.165, 1.54) is 27.0 Å². The van der Waals surface area contributed by atoms with E-state index in [4.69, 9.17) is 14.2 Å². The highest BCUT2D eigenvalue weighted by molar-refractivity contribution is 14.1. The minimum atomic E-state index is -1.31. The molecule has 0 bridgehead atoms. The molecule has 6 nitrogen and oxygen atoms in total. The molecule has 0 spiro atoms. The van der Waals surface area contributed by atoms with E-state index in [9.17, 15) is 14.0 Å². The quantitative estimate of drug-likeness (QED) is 0.350. The summed E-state index contributed by atoms with van der Waals surface area (Å²) in [6.07, 6.45) is 1.10. The zero-order chi connectivity index (χ0) is 16.5. The molecule has 1 heterocycles. The standard InChI is InChI=1S/C14H13FINO5/c1-14(2)21-12(18)7(13(19)22-14)6-17-9-5-4-8(16)10(15)11(9)20-3/h4-6,17H,1-3H3. The SMILES string of the molecule is COc1c(NC=C2C(=O)OC(C)(C)OC2=O)ccc(I)c1F. The van der Waals surface area contributed by atoms with E-state index in [-0.39, 0.29) is 17.0 Å². The lowest BCUT2D eigenvalue weighted by Crippen LogP contribution is -2.42. The molecular weight excluding hydrogens is 408 g/mol. The van der Waals surface area contributed by atoms with Crippen molar-refractivity contribution in [2.24, 2.45) is 0 Å². The van der Waals surface area contributed by atoms with Crippen molar-refractivity contribution in [1.29, 1.82) is 0 Å². The highest BCUT2D eigenvalue weighted by Crippen LogP contribution is 2.31. The van der Waals surface area contributed by atoms with E-state index in [1.807, 2.05) is 22.6 Å². The second-order valence-corrected chi connectivity index (χ2v) is 5.99. The van der Waals surface area contributed by atoms with Crippen molar-refractivity contribution in [2.45, 2.75) is 19.6 Å². The van der Waals surface area contributed by atoms with Crippen molar-refractivity contribution in [3.05, 3.63) is 33.3 Å². The molecule has 0 aromatic heterocycles. The zero-order valence-corrected chi connectivity index (χ0v) is 14.2. The zero-order valence-electron chi connectivity index (χ0n) is 12.0. The van der Waals surface area contributed by atoms with Gasteiger partial charge in [-0.1, -0.05) is 0 Å². The minimum absolute atomic E-state index is 0.0263. The molecule has 0 radical (unpaired) electrons. The molecule has 1 aliphatic heterocycles. The first-order valence-corrected chi connectivity index (χ1v) is 7.28. The van der Waals surface area contributed by atoms with Gasteiger partial charge in [-0.3, -0.25) is 0 Å². The summed E-state index contributed by atoms with van der Waals surface area (Å²) in [5, 5.41) is 2.66. The monoisotopic (exact) mass is 421 g/mol. The first kappa shape index (κ1) is 16.5. The third kappa shape index (κ3) is 3.32. The van der Waals surface area contributed by atoms with Gasteiger partial charge in [-0.15, -0.1) is 0 Å². The molecule has 1 fully saturated rings. The number of halogens is 2. The number of anilines is 1. The van der Waals surface area contributed by atoms with Crippen LogP contribution in [0.1, 0.15) is 13.8 Å². The minimum Gasteiger partial charge on any atom is -0.492 e. The number of carbonyl (C=O) groups excluding carboxylic acids is 2. The van der Waals surface area contributed by atoms with Gasteiger partial charge in [-0.05, 0) is 34.7 Å². The molecule has 1 N–H and O–H groups in total. The number of ether oxygens (including phenoxy) is 3. The van der Waals surface area contributed by atoms with Crippen LogP contribution in [0, 0.1) is 9.39 Å². The van der Waals surface area contributed by atoms with Crippen LogP contribution in [0.5, 0.6) is 5.75 Å². The summed E-state index contributed by atoms with van der Waals surface area (Å²) >= 11 is 1.83. The normalized spacial score (nSPS) is 16.7. The number of carbonyl (C=O) groups is 2. The van der Waals surface area contributed by atoms with Crippen molar-refractivity contribution in [2.75, 3.05) is 12.4 Å². The number of benzene rings is 1. The van der Waals surface area contributed by atoms with Gasteiger partial charge in [-0.25, -0.2) is 14.0 Å². The van der Waals surface area contributed by atoms with Crippen LogP contribution >= 0.6 is 22.6 Å². The van der Waals surface area contributed by atoms with Gasteiger partial charge >= 0.3 is 11.9 Å². The maximum atomic E-state index is 13.9. The molecule has 0 amide bonds. The molecule has 1 aromatic rings. The first-order chi connectivity index (χ1) is 10.2. The largest absolute Gasteiger partial charge is 0.492 e. The number of hydrogen-bond acceptors (Lipinski definition) is 6. The van der Waals surface area contributed by atoms with Crippen molar-refractivity contribution in [1.82, 2.24) is 0 Å². The van der Waals surface area contributed by atoms with Crippen LogP contribution in [-0.2, 0) is 19.1 Å². The van der Waals surface area contributed by atoms with Gasteiger partial charge in [0.05, 0.1) is 16.4 Å². The highest BCUT2D eigenvalue weighted by Gasteiger charge is 2.39. The lowest BCUT2D eigenvalue weighted by molar-refractivity contribution is -0.222. The van der Waals surface area contributed by atoms with Crippen LogP contribution in [0.4, 0.5) is 10.1 Å². The summed E-state index contributed by atoms with van der Waals surface area (Å²) in [6, 6.07) is 3.09. The van der Waals surface area contributed by atoms with Gasteiger partial charge < -0.3 is 19.5 Å². The lowest BCUT2D eigenvalue weighted by Gasteiger charge is -2.29. The molecule has 1 aromatic carbocycles. The Balaban J connectivity index is 2.27. The van der Waals surface area contributed by atoms with Crippen LogP contribution in [0.15, 0.2) is 23.9 Å². The number of esters is 2. The molecule has 2 rings (SSSR count). The summed E-state index contributed by atoms with van der Waals surface area (Å²) in [7, 11) is 1.32. The number of nitrogens with one attached hydrogen (secondary N) is 1. The van der Waals surface area contributed by atoms with Crippen molar-refractivity contribution >= 4 is 40.2 Å². The lowest BCUT2D eigenvalue weighted by atomic mass is 10.2. The second kappa shape index (κ2) is 6.11. The summed E-state index contributed by atoms with van der Waals surface area (Å²) in [6.45, 7) is 2.90. The molecule has 1 saturated heterocycles. The van der Waals surface area contributed by atoms with E-state index in [0.29, 0.717) is 3.57 Å². The van der Waals surface area contributed by atoms with E-state index in [2.05, 4.69) is 5.32 Å². The fourth-order valence-electron chi connectivity index (χ4n) is 1.77. The predicted octanol–water partition coefficient (Wildman–Crippen LogP) is 2.57. The fraction of sp³-hybridized carbons (Fsp3) is 0.286. The average Bonchev–Trinajstić information content (AvgIpc) is 2.40. The van der Waals surface area contributed by atoms with Gasteiger partial charge in [0.1, 0.15) is 0 Å². The van der Waals surface area contributed by atoms with Crippen LogP contribution in [0.2, 0.25) is 0 Å². The smallest absolute Gasteiger partial charge is 0.350 e. The Bertz CT molecular complexity index is 649. The van der Waals surface area contributed by atoms with Crippen LogP contribution in [0.3, 0.4) is 0 Å². The highest BCUT2D eigenvalue weighted by atomic mass is 127. The Kier molecular flexibility index (Phi) is 4.59. The van der Waals surface area contributed by atoms with Crippen molar-refractivity contribution < 1.29 is 28.2 Å². The molecule has 8 heteroatoms. The third-order valence-electron chi connectivity index (χ3n) is 2.74. The Morgan fingerprint density at radius 1 is 1.27 bits per heavy atom. The van der Waals surface area contributed by atoms with Gasteiger partial charge in [0, 0.05) is 20.0 Å². The van der Waals surface area contributed by atoms with Gasteiger partial charge in [0.2, 0.25) is 0 Å². The summed E-state index contributed by atoms with van der Waals surface area (Å²) in [4.78, 5) is 23.6. The molecule has 1 aliphatic rings. The summed E-state index contributed by atoms with van der Waals surface area (Å²) in [5.41, 5.74) is -0.0568. The van der Waals surface area contributed by atoms with Crippen LogP contribution in [0.25, 0.3) is 0 Å². The Morgan fingerprint density at radius 3 is 2.41 bits per heavy atom. The Labute approximate surface area is 139 Å². The molecule has 0 unspecified atom stereocenters.